The Morgan fingerprint density at radius 2 is 1.52 bits per heavy atom. The summed E-state index contributed by atoms with van der Waals surface area (Å²) in [7, 11) is 0. The summed E-state index contributed by atoms with van der Waals surface area (Å²) in [5.74, 6) is 0. The van der Waals surface area contributed by atoms with E-state index in [1.165, 1.54) is 17.7 Å². The summed E-state index contributed by atoms with van der Waals surface area (Å²) in [6.45, 7) is 7.61. The van der Waals surface area contributed by atoms with Crippen molar-refractivity contribution in [1.82, 2.24) is 0 Å². The zero-order chi connectivity index (χ0) is 15.6. The van der Waals surface area contributed by atoms with Crippen LogP contribution in [0.3, 0.4) is 0 Å². The van der Waals surface area contributed by atoms with E-state index in [0.29, 0.717) is 5.69 Å². The molecule has 0 amide bonds. The van der Waals surface area contributed by atoms with Crippen LogP contribution in [0.4, 0.5) is 17.1 Å². The van der Waals surface area contributed by atoms with Gasteiger partial charge in [-0.25, -0.2) is 0 Å². The predicted molar refractivity (Wildman–Crippen MR) is 82.7 cm³/mol. The average molecular weight is 283 g/mol. The molecule has 2 aromatic rings. The van der Waals surface area contributed by atoms with Gasteiger partial charge in [0.05, 0.1) is 16.3 Å². The average Bonchev–Trinajstić information content (AvgIpc) is 2.39. The Bertz CT molecular complexity index is 713. The van der Waals surface area contributed by atoms with E-state index in [0.717, 1.165) is 22.4 Å². The lowest BCUT2D eigenvalue weighted by atomic mass is 10.1. The van der Waals surface area contributed by atoms with Gasteiger partial charge in [0.15, 0.2) is 0 Å². The van der Waals surface area contributed by atoms with E-state index >= 15 is 0 Å². The van der Waals surface area contributed by atoms with Crippen molar-refractivity contribution in [2.24, 2.45) is 10.2 Å². The highest BCUT2D eigenvalue weighted by Crippen LogP contribution is 2.30. The van der Waals surface area contributed by atoms with Crippen LogP contribution in [0.15, 0.2) is 40.6 Å². The van der Waals surface area contributed by atoms with Crippen molar-refractivity contribution in [2.45, 2.75) is 27.7 Å². The van der Waals surface area contributed by atoms with Gasteiger partial charge in [-0.1, -0.05) is 17.7 Å². The largest absolute Gasteiger partial charge is 0.270 e. The Labute approximate surface area is 123 Å². The quantitative estimate of drug-likeness (QED) is 0.439. The number of hydrogen-bond donors (Lipinski definition) is 0. The Balaban J connectivity index is 2.39. The number of nitro groups is 1. The number of non-ortho nitro benzene ring substituents is 1. The van der Waals surface area contributed by atoms with Crippen molar-refractivity contribution in [2.75, 3.05) is 0 Å². The smallest absolute Gasteiger partial charge is 0.258 e. The van der Waals surface area contributed by atoms with Crippen LogP contribution in [0.25, 0.3) is 0 Å². The zero-order valence-electron chi connectivity index (χ0n) is 12.5. The molecule has 5 heteroatoms. The lowest BCUT2D eigenvalue weighted by Crippen LogP contribution is -1.90. The number of nitro benzene ring substituents is 1. The zero-order valence-corrected chi connectivity index (χ0v) is 12.5. The van der Waals surface area contributed by atoms with Crippen LogP contribution in [0.5, 0.6) is 0 Å². The Morgan fingerprint density at radius 3 is 2.05 bits per heavy atom. The molecule has 0 aromatic heterocycles. The molecule has 0 radical (unpaired) electrons. The number of azo groups is 1. The molecule has 0 heterocycles. The van der Waals surface area contributed by atoms with Crippen molar-refractivity contribution in [3.8, 4) is 0 Å². The van der Waals surface area contributed by atoms with Crippen LogP contribution in [0.2, 0.25) is 0 Å². The molecule has 0 saturated heterocycles. The van der Waals surface area contributed by atoms with E-state index in [9.17, 15) is 10.1 Å². The highest BCUT2D eigenvalue weighted by Gasteiger charge is 2.11. The fraction of sp³-hybridized carbons (Fsp3) is 0.250. The highest BCUT2D eigenvalue weighted by molar-refractivity contribution is 5.57. The maximum absolute atomic E-state index is 10.8. The van der Waals surface area contributed by atoms with E-state index in [2.05, 4.69) is 10.2 Å². The SMILES string of the molecule is Cc1ccc(N=Nc2c(C)cc([N+](=O)[O-])cc2C)c(C)c1. The molecule has 0 fully saturated rings. The third kappa shape index (κ3) is 3.31. The second-order valence-corrected chi connectivity index (χ2v) is 5.18. The van der Waals surface area contributed by atoms with Gasteiger partial charge in [0.25, 0.3) is 5.69 Å². The minimum absolute atomic E-state index is 0.0791. The fourth-order valence-corrected chi connectivity index (χ4v) is 2.22. The van der Waals surface area contributed by atoms with Gasteiger partial charge >= 0.3 is 0 Å². The Hall–Kier alpha value is -2.56. The molecule has 0 aliphatic rings. The molecule has 2 rings (SSSR count). The normalized spacial score (nSPS) is 11.0. The van der Waals surface area contributed by atoms with E-state index in [1.807, 2.05) is 32.0 Å². The summed E-state index contributed by atoms with van der Waals surface area (Å²) < 4.78 is 0. The van der Waals surface area contributed by atoms with Crippen molar-refractivity contribution in [3.63, 3.8) is 0 Å². The van der Waals surface area contributed by atoms with Crippen LogP contribution in [-0.2, 0) is 0 Å². The van der Waals surface area contributed by atoms with Crippen molar-refractivity contribution >= 4 is 17.1 Å². The molecule has 0 spiro atoms. The Kier molecular flexibility index (Phi) is 4.12. The second-order valence-electron chi connectivity index (χ2n) is 5.18. The van der Waals surface area contributed by atoms with Crippen LogP contribution in [-0.4, -0.2) is 4.92 Å². The molecule has 0 aliphatic heterocycles. The molecule has 21 heavy (non-hydrogen) atoms. The number of nitrogens with zero attached hydrogens (tertiary/aromatic N) is 3. The van der Waals surface area contributed by atoms with Gasteiger partial charge in [-0.15, -0.1) is 5.11 Å². The first kappa shape index (κ1) is 14.8. The molecule has 0 saturated carbocycles. The van der Waals surface area contributed by atoms with Gasteiger partial charge in [0.1, 0.15) is 0 Å². The van der Waals surface area contributed by atoms with Gasteiger partial charge in [-0.2, -0.15) is 5.11 Å². The van der Waals surface area contributed by atoms with Crippen LogP contribution in [0, 0.1) is 37.8 Å². The fourth-order valence-electron chi connectivity index (χ4n) is 2.22. The molecule has 0 atom stereocenters. The third-order valence-corrected chi connectivity index (χ3v) is 3.30. The molecule has 5 nitrogen and oxygen atoms in total. The molecule has 0 unspecified atom stereocenters. The molecule has 2 aromatic carbocycles. The number of aryl methyl sites for hydroxylation is 4. The van der Waals surface area contributed by atoms with Gasteiger partial charge in [-0.3, -0.25) is 10.1 Å². The van der Waals surface area contributed by atoms with Gasteiger partial charge in [0.2, 0.25) is 0 Å². The first-order valence-electron chi connectivity index (χ1n) is 6.63. The Morgan fingerprint density at radius 1 is 0.905 bits per heavy atom. The number of benzene rings is 2. The van der Waals surface area contributed by atoms with Gasteiger partial charge < -0.3 is 0 Å². The topological polar surface area (TPSA) is 67.9 Å². The summed E-state index contributed by atoms with van der Waals surface area (Å²) in [6.07, 6.45) is 0. The molecular formula is C16H17N3O2. The molecular weight excluding hydrogens is 266 g/mol. The first-order valence-corrected chi connectivity index (χ1v) is 6.63. The van der Waals surface area contributed by atoms with E-state index < -0.39 is 4.92 Å². The van der Waals surface area contributed by atoms with Crippen LogP contribution < -0.4 is 0 Å². The van der Waals surface area contributed by atoms with Crippen LogP contribution in [0.1, 0.15) is 22.3 Å². The van der Waals surface area contributed by atoms with E-state index in [-0.39, 0.29) is 5.69 Å². The molecule has 108 valence electrons. The van der Waals surface area contributed by atoms with Gasteiger partial charge in [0, 0.05) is 12.1 Å². The monoisotopic (exact) mass is 283 g/mol. The number of rotatable bonds is 3. The minimum Gasteiger partial charge on any atom is -0.258 e. The van der Waals surface area contributed by atoms with Crippen molar-refractivity contribution in [1.29, 1.82) is 0 Å². The summed E-state index contributed by atoms with van der Waals surface area (Å²) in [5, 5.41) is 19.4. The summed E-state index contributed by atoms with van der Waals surface area (Å²) in [4.78, 5) is 10.4. The summed E-state index contributed by atoms with van der Waals surface area (Å²) in [5.41, 5.74) is 5.28. The maximum Gasteiger partial charge on any atom is 0.270 e. The third-order valence-electron chi connectivity index (χ3n) is 3.30. The highest BCUT2D eigenvalue weighted by atomic mass is 16.6. The lowest BCUT2D eigenvalue weighted by Gasteiger charge is -2.04. The lowest BCUT2D eigenvalue weighted by molar-refractivity contribution is -0.384. The minimum atomic E-state index is -0.398. The molecule has 0 aliphatic carbocycles. The standard InChI is InChI=1S/C16H17N3O2/c1-10-5-6-15(11(2)7-10)17-18-16-12(3)8-14(19(20)21)9-13(16)4/h5-9H,1-4H3. The van der Waals surface area contributed by atoms with Crippen molar-refractivity contribution in [3.05, 3.63) is 62.7 Å². The second kappa shape index (κ2) is 5.83. The number of hydrogen-bond acceptors (Lipinski definition) is 4. The summed E-state index contributed by atoms with van der Waals surface area (Å²) >= 11 is 0. The van der Waals surface area contributed by atoms with Crippen LogP contribution >= 0.6 is 0 Å². The molecule has 0 N–H and O–H groups in total. The summed E-state index contributed by atoms with van der Waals surface area (Å²) in [6, 6.07) is 8.98. The van der Waals surface area contributed by atoms with E-state index in [4.69, 9.17) is 0 Å². The first-order chi connectivity index (χ1) is 9.88. The predicted octanol–water partition coefficient (Wildman–Crippen LogP) is 5.24. The maximum atomic E-state index is 10.8. The van der Waals surface area contributed by atoms with Crippen molar-refractivity contribution < 1.29 is 4.92 Å². The van der Waals surface area contributed by atoms with Gasteiger partial charge in [-0.05, 0) is 50.5 Å². The molecule has 0 bridgehead atoms. The van der Waals surface area contributed by atoms with E-state index in [1.54, 1.807) is 13.8 Å².